The van der Waals surface area contributed by atoms with E-state index in [4.69, 9.17) is 0 Å². The molecule has 1 unspecified atom stereocenters. The highest BCUT2D eigenvalue weighted by Gasteiger charge is 2.52. The molecule has 22 heavy (non-hydrogen) atoms. The molecule has 0 bridgehead atoms. The summed E-state index contributed by atoms with van der Waals surface area (Å²) in [7, 11) is 0. The number of anilines is 1. The van der Waals surface area contributed by atoms with Crippen LogP contribution in [0.3, 0.4) is 0 Å². The van der Waals surface area contributed by atoms with Gasteiger partial charge in [0.1, 0.15) is 11.8 Å². The van der Waals surface area contributed by atoms with Gasteiger partial charge in [0.2, 0.25) is 0 Å². The second kappa shape index (κ2) is 5.89. The molecule has 0 radical (unpaired) electrons. The quantitative estimate of drug-likeness (QED) is 0.561. The summed E-state index contributed by atoms with van der Waals surface area (Å²) >= 11 is 3.34. The van der Waals surface area contributed by atoms with Crippen LogP contribution in [0.1, 0.15) is 25.7 Å². The number of β-amino-alcohol motifs (C(OH)–C–C–N with tert-alkyl or cyclic N) is 1. The van der Waals surface area contributed by atoms with Crippen molar-refractivity contribution >= 4 is 33.6 Å². The van der Waals surface area contributed by atoms with E-state index in [1.54, 1.807) is 12.1 Å². The van der Waals surface area contributed by atoms with Crippen molar-refractivity contribution in [3.8, 4) is 0 Å². The number of halogens is 1. The van der Waals surface area contributed by atoms with E-state index in [2.05, 4.69) is 26.6 Å². The SMILES string of the molecule is O=C1NC2(CCCC2)C(=O)N1CC(O)Nc1ccc(Br)cc1. The maximum Gasteiger partial charge on any atom is 0.325 e. The molecule has 1 aromatic carbocycles. The molecule has 3 N–H and O–H groups in total. The van der Waals surface area contributed by atoms with Gasteiger partial charge >= 0.3 is 6.03 Å². The Morgan fingerprint density at radius 3 is 2.55 bits per heavy atom. The molecule has 0 aromatic heterocycles. The van der Waals surface area contributed by atoms with Crippen molar-refractivity contribution in [2.24, 2.45) is 0 Å². The van der Waals surface area contributed by atoms with Crippen LogP contribution in [0, 0.1) is 0 Å². The minimum atomic E-state index is -1.01. The summed E-state index contributed by atoms with van der Waals surface area (Å²) < 4.78 is 0.935. The topological polar surface area (TPSA) is 81.7 Å². The van der Waals surface area contributed by atoms with Gasteiger partial charge in [-0.05, 0) is 37.1 Å². The molecule has 1 aliphatic heterocycles. The van der Waals surface area contributed by atoms with E-state index in [9.17, 15) is 14.7 Å². The number of aliphatic hydroxyl groups excluding tert-OH is 1. The Hall–Kier alpha value is -1.60. The number of benzene rings is 1. The number of rotatable bonds is 4. The molecule has 1 heterocycles. The molecule has 1 saturated carbocycles. The number of urea groups is 1. The van der Waals surface area contributed by atoms with Gasteiger partial charge in [0.25, 0.3) is 5.91 Å². The first kappa shape index (κ1) is 15.3. The third-order valence-corrected chi connectivity index (χ3v) is 4.76. The van der Waals surface area contributed by atoms with Crippen molar-refractivity contribution in [3.63, 3.8) is 0 Å². The molecular formula is C15H18BrN3O3. The highest BCUT2D eigenvalue weighted by atomic mass is 79.9. The molecule has 1 aromatic rings. The Morgan fingerprint density at radius 2 is 1.91 bits per heavy atom. The summed E-state index contributed by atoms with van der Waals surface area (Å²) in [5, 5.41) is 15.8. The number of carbonyl (C=O) groups excluding carboxylic acids is 2. The van der Waals surface area contributed by atoms with Crippen LogP contribution >= 0.6 is 15.9 Å². The summed E-state index contributed by atoms with van der Waals surface area (Å²) in [6.07, 6.45) is 2.25. The fraction of sp³-hybridized carbons (Fsp3) is 0.467. The molecule has 1 saturated heterocycles. The Morgan fingerprint density at radius 1 is 1.27 bits per heavy atom. The van der Waals surface area contributed by atoms with Crippen molar-refractivity contribution in [3.05, 3.63) is 28.7 Å². The largest absolute Gasteiger partial charge is 0.372 e. The van der Waals surface area contributed by atoms with E-state index in [-0.39, 0.29) is 12.5 Å². The van der Waals surface area contributed by atoms with Crippen LogP contribution in [0.2, 0.25) is 0 Å². The molecule has 1 atom stereocenters. The van der Waals surface area contributed by atoms with Gasteiger partial charge in [-0.25, -0.2) is 4.79 Å². The normalized spacial score (nSPS) is 21.3. The third-order valence-electron chi connectivity index (χ3n) is 4.24. The number of hydrogen-bond donors (Lipinski definition) is 3. The minimum Gasteiger partial charge on any atom is -0.372 e. The van der Waals surface area contributed by atoms with E-state index in [1.807, 2.05) is 12.1 Å². The predicted octanol–water partition coefficient (Wildman–Crippen LogP) is 2.04. The van der Waals surface area contributed by atoms with Crippen LogP contribution in [-0.4, -0.2) is 40.3 Å². The maximum absolute atomic E-state index is 12.5. The standard InChI is InChI=1S/C15H18BrN3O3/c16-10-3-5-11(6-4-10)17-12(20)9-19-13(21)15(18-14(19)22)7-1-2-8-15/h3-6,12,17,20H,1-2,7-9H2,(H,18,22). The number of aliphatic hydroxyl groups is 1. The lowest BCUT2D eigenvalue weighted by molar-refractivity contribution is -0.131. The molecular weight excluding hydrogens is 350 g/mol. The van der Waals surface area contributed by atoms with Gasteiger partial charge in [-0.1, -0.05) is 28.8 Å². The third kappa shape index (κ3) is 2.83. The monoisotopic (exact) mass is 367 g/mol. The minimum absolute atomic E-state index is 0.0670. The number of carbonyl (C=O) groups is 2. The average Bonchev–Trinajstić information content (AvgIpc) is 3.03. The van der Waals surface area contributed by atoms with Crippen LogP contribution in [0.5, 0.6) is 0 Å². The Labute approximate surface area is 137 Å². The summed E-state index contributed by atoms with van der Waals surface area (Å²) in [6, 6.07) is 6.88. The first-order chi connectivity index (χ1) is 10.5. The van der Waals surface area contributed by atoms with Crippen LogP contribution in [0.25, 0.3) is 0 Å². The highest BCUT2D eigenvalue weighted by molar-refractivity contribution is 9.10. The molecule has 7 heteroatoms. The maximum atomic E-state index is 12.5. The summed E-state index contributed by atoms with van der Waals surface area (Å²) in [5.74, 6) is -0.216. The molecule has 1 spiro atoms. The summed E-state index contributed by atoms with van der Waals surface area (Å²) in [6.45, 7) is -0.0670. The molecule has 6 nitrogen and oxygen atoms in total. The number of amides is 3. The number of imide groups is 1. The van der Waals surface area contributed by atoms with Crippen molar-refractivity contribution in [1.29, 1.82) is 0 Å². The molecule has 2 aliphatic rings. The number of hydrogen-bond acceptors (Lipinski definition) is 4. The number of nitrogens with one attached hydrogen (secondary N) is 2. The lowest BCUT2D eigenvalue weighted by Gasteiger charge is -2.22. The molecule has 118 valence electrons. The van der Waals surface area contributed by atoms with Gasteiger partial charge in [-0.3, -0.25) is 9.69 Å². The van der Waals surface area contributed by atoms with Crippen molar-refractivity contribution < 1.29 is 14.7 Å². The fourth-order valence-corrected chi connectivity index (χ4v) is 3.38. The Bertz CT molecular complexity index is 584. The molecule has 2 fully saturated rings. The highest BCUT2D eigenvalue weighted by Crippen LogP contribution is 2.35. The van der Waals surface area contributed by atoms with Gasteiger partial charge in [0.05, 0.1) is 6.54 Å². The second-order valence-corrected chi connectivity index (χ2v) is 6.72. The van der Waals surface area contributed by atoms with Gasteiger partial charge in [0.15, 0.2) is 0 Å². The van der Waals surface area contributed by atoms with Gasteiger partial charge in [-0.15, -0.1) is 0 Å². The van der Waals surface area contributed by atoms with Crippen LogP contribution in [0.15, 0.2) is 28.7 Å². The smallest absolute Gasteiger partial charge is 0.325 e. The molecule has 1 aliphatic carbocycles. The average molecular weight is 368 g/mol. The van der Waals surface area contributed by atoms with Gasteiger partial charge in [-0.2, -0.15) is 0 Å². The van der Waals surface area contributed by atoms with Gasteiger partial charge in [0, 0.05) is 10.2 Å². The van der Waals surface area contributed by atoms with Gasteiger partial charge < -0.3 is 15.7 Å². The van der Waals surface area contributed by atoms with Crippen molar-refractivity contribution in [2.45, 2.75) is 37.5 Å². The fourth-order valence-electron chi connectivity index (χ4n) is 3.12. The lowest BCUT2D eigenvalue weighted by Crippen LogP contribution is -2.45. The number of nitrogens with zero attached hydrogens (tertiary/aromatic N) is 1. The Balaban J connectivity index is 1.63. The molecule has 3 rings (SSSR count). The summed E-state index contributed by atoms with van der Waals surface area (Å²) in [4.78, 5) is 25.6. The van der Waals surface area contributed by atoms with Crippen molar-refractivity contribution in [2.75, 3.05) is 11.9 Å². The van der Waals surface area contributed by atoms with E-state index < -0.39 is 17.8 Å². The summed E-state index contributed by atoms with van der Waals surface area (Å²) in [5.41, 5.74) is -0.00708. The zero-order chi connectivity index (χ0) is 15.7. The van der Waals surface area contributed by atoms with E-state index in [0.29, 0.717) is 12.8 Å². The van der Waals surface area contributed by atoms with Crippen LogP contribution in [0.4, 0.5) is 10.5 Å². The molecule has 3 amide bonds. The van der Waals surface area contributed by atoms with Crippen LogP contribution < -0.4 is 10.6 Å². The van der Waals surface area contributed by atoms with E-state index in [0.717, 1.165) is 27.9 Å². The first-order valence-electron chi connectivity index (χ1n) is 7.34. The van der Waals surface area contributed by atoms with E-state index >= 15 is 0 Å². The zero-order valence-electron chi connectivity index (χ0n) is 12.0. The second-order valence-electron chi connectivity index (χ2n) is 5.80. The van der Waals surface area contributed by atoms with E-state index in [1.165, 1.54) is 0 Å². The van der Waals surface area contributed by atoms with Crippen LogP contribution in [-0.2, 0) is 4.79 Å². The Kier molecular flexibility index (Phi) is 4.10. The lowest BCUT2D eigenvalue weighted by atomic mass is 9.98. The zero-order valence-corrected chi connectivity index (χ0v) is 13.6. The first-order valence-corrected chi connectivity index (χ1v) is 8.14. The van der Waals surface area contributed by atoms with Crippen molar-refractivity contribution in [1.82, 2.24) is 10.2 Å². The predicted molar refractivity (Wildman–Crippen MR) is 85.2 cm³/mol.